The Kier molecular flexibility index (Phi) is 13.0. The second-order valence-electron chi connectivity index (χ2n) is 15.3. The number of halogens is 6. The van der Waals surface area contributed by atoms with E-state index in [0.717, 1.165) is 21.9 Å². The lowest BCUT2D eigenvalue weighted by atomic mass is 10.0. The Morgan fingerprint density at radius 2 is 1.72 bits per heavy atom. The number of imide groups is 1. The topological polar surface area (TPSA) is 150 Å². The molecule has 13 nitrogen and oxygen atoms in total. The summed E-state index contributed by atoms with van der Waals surface area (Å²) < 4.78 is 90.5. The van der Waals surface area contributed by atoms with Crippen molar-refractivity contribution in [3.8, 4) is 11.8 Å². The summed E-state index contributed by atoms with van der Waals surface area (Å²) >= 11 is 5.66. The van der Waals surface area contributed by atoms with E-state index in [1.54, 1.807) is 61.2 Å². The summed E-state index contributed by atoms with van der Waals surface area (Å²) in [5.74, 6) is -1.64. The van der Waals surface area contributed by atoms with Crippen molar-refractivity contribution in [1.29, 1.82) is 5.26 Å². The smallest absolute Gasteiger partial charge is 0.417 e. The third-order valence-corrected chi connectivity index (χ3v) is 11.1. The third-order valence-electron chi connectivity index (χ3n) is 10.7. The number of alkyl halides is 6. The van der Waals surface area contributed by atoms with Crippen LogP contribution in [0.2, 0.25) is 0 Å². The van der Waals surface area contributed by atoms with E-state index < -0.39 is 71.9 Å². The number of nitrogens with zero attached hydrogens (tertiary/aromatic N) is 5. The Morgan fingerprint density at radius 3 is 2.39 bits per heavy atom. The van der Waals surface area contributed by atoms with E-state index in [1.165, 1.54) is 17.0 Å². The molecule has 4 amide bonds. The maximum atomic E-state index is 14.4. The molecule has 0 aliphatic carbocycles. The van der Waals surface area contributed by atoms with Crippen molar-refractivity contribution in [3.05, 3.63) is 77.4 Å². The number of nitriles is 1. The first-order valence-corrected chi connectivity index (χ1v) is 19.7. The van der Waals surface area contributed by atoms with Crippen molar-refractivity contribution in [2.75, 3.05) is 59.8 Å². The zero-order valence-corrected chi connectivity index (χ0v) is 34.1. The van der Waals surface area contributed by atoms with Crippen LogP contribution in [0.4, 0.5) is 49.1 Å². The Hall–Kier alpha value is -5.78. The minimum atomic E-state index is -4.85. The number of nitrogens with one attached hydrogen (secondary N) is 3. The predicted molar refractivity (Wildman–Crippen MR) is 217 cm³/mol. The minimum Gasteiger partial charge on any atom is -0.492 e. The molecule has 6 rings (SSSR count). The first-order valence-electron chi connectivity index (χ1n) is 19.3. The Bertz CT molecular complexity index is 2260. The molecule has 2 atom stereocenters. The fraction of sp³-hybridized carbons (Fsp3) is 0.415. The fourth-order valence-corrected chi connectivity index (χ4v) is 8.07. The number of piperidine rings is 1. The second kappa shape index (κ2) is 17.7. The van der Waals surface area contributed by atoms with Crippen molar-refractivity contribution >= 4 is 63.7 Å². The van der Waals surface area contributed by atoms with Gasteiger partial charge in [-0.1, -0.05) is 13.0 Å². The summed E-state index contributed by atoms with van der Waals surface area (Å²) in [4.78, 5) is 55.5. The number of amides is 4. The molecule has 324 valence electrons. The van der Waals surface area contributed by atoms with Crippen molar-refractivity contribution < 1.29 is 50.3 Å². The number of carbonyl (C=O) groups is 4. The lowest BCUT2D eigenvalue weighted by Crippen LogP contribution is -2.60. The van der Waals surface area contributed by atoms with Gasteiger partial charge in [0.15, 0.2) is 5.11 Å². The zero-order valence-electron chi connectivity index (χ0n) is 33.2. The molecule has 3 N–H and O–H groups in total. The first-order chi connectivity index (χ1) is 28.7. The van der Waals surface area contributed by atoms with Crippen LogP contribution in [0.25, 0.3) is 0 Å². The molecule has 3 aromatic rings. The predicted octanol–water partition coefficient (Wildman–Crippen LogP) is 5.84. The lowest BCUT2D eigenvalue weighted by molar-refractivity contribution is -0.197. The summed E-state index contributed by atoms with van der Waals surface area (Å²) in [6, 6.07) is 13.3. The van der Waals surface area contributed by atoms with E-state index >= 15 is 0 Å². The van der Waals surface area contributed by atoms with Gasteiger partial charge in [-0.3, -0.25) is 39.2 Å². The van der Waals surface area contributed by atoms with E-state index in [9.17, 15) is 50.8 Å². The van der Waals surface area contributed by atoms with Gasteiger partial charge in [-0.15, -0.1) is 0 Å². The molecule has 0 spiro atoms. The van der Waals surface area contributed by atoms with Crippen molar-refractivity contribution in [1.82, 2.24) is 15.1 Å². The van der Waals surface area contributed by atoms with E-state index in [2.05, 4.69) is 16.0 Å². The van der Waals surface area contributed by atoms with Crippen LogP contribution in [0, 0.1) is 11.3 Å². The monoisotopic (exact) mass is 872 g/mol. The van der Waals surface area contributed by atoms with Gasteiger partial charge in [-0.05, 0) is 99.1 Å². The highest BCUT2D eigenvalue weighted by Gasteiger charge is 2.51. The average Bonchev–Trinajstić information content (AvgIpc) is 3.37. The van der Waals surface area contributed by atoms with Gasteiger partial charge in [-0.2, -0.15) is 31.6 Å². The molecule has 3 aliphatic rings. The molecule has 1 unspecified atom stereocenters. The summed E-state index contributed by atoms with van der Waals surface area (Å²) in [5.41, 5.74) is -1.32. The van der Waals surface area contributed by atoms with Crippen LogP contribution in [0.15, 0.2) is 60.7 Å². The maximum Gasteiger partial charge on any atom is 0.417 e. The maximum absolute atomic E-state index is 14.4. The van der Waals surface area contributed by atoms with Gasteiger partial charge < -0.3 is 20.3 Å². The van der Waals surface area contributed by atoms with Gasteiger partial charge in [-0.25, -0.2) is 0 Å². The number of carbonyl (C=O) groups excluding carboxylic acids is 4. The van der Waals surface area contributed by atoms with Crippen LogP contribution >= 0.6 is 12.2 Å². The highest BCUT2D eigenvalue weighted by molar-refractivity contribution is 7.81. The van der Waals surface area contributed by atoms with Gasteiger partial charge in [0.1, 0.15) is 30.0 Å². The first kappa shape index (κ1) is 44.8. The van der Waals surface area contributed by atoms with Crippen LogP contribution in [-0.2, 0) is 31.8 Å². The van der Waals surface area contributed by atoms with Crippen molar-refractivity contribution in [3.63, 3.8) is 0 Å². The van der Waals surface area contributed by atoms with Gasteiger partial charge >= 0.3 is 12.4 Å². The molecule has 0 bridgehead atoms. The number of benzene rings is 3. The van der Waals surface area contributed by atoms with Gasteiger partial charge in [0.05, 0.1) is 29.4 Å². The molecule has 3 heterocycles. The highest BCUT2D eigenvalue weighted by Crippen LogP contribution is 2.41. The number of rotatable bonds is 12. The van der Waals surface area contributed by atoms with E-state index in [4.69, 9.17) is 17.0 Å². The van der Waals surface area contributed by atoms with Gasteiger partial charge in [0.25, 0.3) is 5.91 Å². The number of anilines is 4. The number of aryl methyl sites for hydroxylation is 1. The molecule has 3 saturated heterocycles. The van der Waals surface area contributed by atoms with Crippen LogP contribution in [-0.4, -0.2) is 102 Å². The number of thiocarbonyl (C=S) groups is 1. The molecule has 0 radical (unpaired) electrons. The third kappa shape index (κ3) is 9.90. The summed E-state index contributed by atoms with van der Waals surface area (Å²) in [6.07, 6.45) is -8.59. The summed E-state index contributed by atoms with van der Waals surface area (Å²) in [7, 11) is 0. The Balaban J connectivity index is 1.06. The molecule has 3 aliphatic heterocycles. The molecular weight excluding hydrogens is 831 g/mol. The minimum absolute atomic E-state index is 0.0285. The normalized spacial score (nSPS) is 20.1. The summed E-state index contributed by atoms with van der Waals surface area (Å²) in [6.45, 7) is 4.43. The molecule has 3 aromatic carbocycles. The second-order valence-corrected chi connectivity index (χ2v) is 15.6. The highest BCUT2D eigenvalue weighted by atomic mass is 32.1. The quantitative estimate of drug-likeness (QED) is 0.115. The molecule has 20 heteroatoms. The zero-order chi connectivity index (χ0) is 44.4. The standard InChI is InChI=1S/C41H42F6N8O5S/c1-4-24-18-29(55-38(61)54(37(59)39(55,2)3)28-9-8-25(21-48)30(20-28)40(42,43)44)10-12-32(24)60-17-16-52-14-15-53(33(22-52)41(45,46)47)23-35(57)50-27-7-5-6-26(19-27)49-31-11-13-34(56)51-36(31)58/h5-10,12,18-20,31,33,49H,4,11,13-17,22-23H2,1-3H3,(H,50,57)(H,51,56,58)/t31?,33-/m0/s1. The molecule has 0 aromatic heterocycles. The molecule has 0 saturated carbocycles. The fourth-order valence-electron chi connectivity index (χ4n) is 7.55. The number of hydrogen-bond donors (Lipinski definition) is 3. The van der Waals surface area contributed by atoms with Crippen LogP contribution < -0.4 is 30.5 Å². The van der Waals surface area contributed by atoms with Crippen LogP contribution in [0.3, 0.4) is 0 Å². The molecular formula is C41H42F6N8O5S. The number of piperazine rings is 1. The molecule has 3 fully saturated rings. The SMILES string of the molecule is CCc1cc(N2C(=S)N(c3ccc(C#N)c(C(F)(F)F)c3)C(=O)C2(C)C)ccc1OCCN1CCN(CC(=O)Nc2cccc(NC3CCC(=O)NC3=O)c2)[C@H](C(F)(F)F)C1. The lowest BCUT2D eigenvalue weighted by Gasteiger charge is -2.41. The van der Waals surface area contributed by atoms with E-state index in [1.807, 2.05) is 6.92 Å². The van der Waals surface area contributed by atoms with Crippen molar-refractivity contribution in [2.45, 2.75) is 70.0 Å². The number of hydrogen-bond acceptors (Lipinski definition) is 10. The van der Waals surface area contributed by atoms with Gasteiger partial charge in [0, 0.05) is 49.7 Å². The summed E-state index contributed by atoms with van der Waals surface area (Å²) in [5, 5.41) is 17.0. The van der Waals surface area contributed by atoms with Crippen molar-refractivity contribution in [2.24, 2.45) is 0 Å². The largest absolute Gasteiger partial charge is 0.492 e. The average molecular weight is 873 g/mol. The Morgan fingerprint density at radius 1 is 1.00 bits per heavy atom. The van der Waals surface area contributed by atoms with E-state index in [-0.39, 0.29) is 55.8 Å². The van der Waals surface area contributed by atoms with Gasteiger partial charge in [0.2, 0.25) is 17.7 Å². The van der Waals surface area contributed by atoms with Crippen LogP contribution in [0.5, 0.6) is 5.75 Å². The van der Waals surface area contributed by atoms with Crippen LogP contribution in [0.1, 0.15) is 50.3 Å². The number of ether oxygens (including phenoxy) is 1. The van der Waals surface area contributed by atoms with E-state index in [0.29, 0.717) is 34.8 Å². The Labute approximate surface area is 352 Å². The molecule has 61 heavy (non-hydrogen) atoms.